The third-order valence-corrected chi connectivity index (χ3v) is 4.87. The van der Waals surface area contributed by atoms with E-state index in [0.717, 1.165) is 5.56 Å². The summed E-state index contributed by atoms with van der Waals surface area (Å²) in [6, 6.07) is 11.8. The van der Waals surface area contributed by atoms with Crippen molar-refractivity contribution < 1.29 is 19.8 Å². The number of carboxylic acid groups (broad SMARTS) is 1. The fraction of sp³-hybridized carbons (Fsp3) is 0.200. The van der Waals surface area contributed by atoms with E-state index in [9.17, 15) is 14.7 Å². The second kappa shape index (κ2) is 7.32. The number of fused-ring (bicyclic) bond motifs is 1. The average Bonchev–Trinajstić information content (AvgIpc) is 2.96. The van der Waals surface area contributed by atoms with E-state index in [2.05, 4.69) is 5.32 Å². The molecule has 3 N–H and O–H groups in total. The van der Waals surface area contributed by atoms with Crippen LogP contribution in [0.1, 0.15) is 34.6 Å². The molecule has 0 spiro atoms. The second-order valence-corrected chi connectivity index (χ2v) is 6.83. The molecule has 1 heterocycles. The fourth-order valence-corrected chi connectivity index (χ4v) is 3.20. The summed E-state index contributed by atoms with van der Waals surface area (Å²) in [4.78, 5) is 23.5. The monoisotopic (exact) mass is 386 g/mol. The number of nitrogens with zero attached hydrogens (tertiary/aromatic N) is 1. The summed E-state index contributed by atoms with van der Waals surface area (Å²) in [5.74, 6) is -1.22. The van der Waals surface area contributed by atoms with Gasteiger partial charge < -0.3 is 20.1 Å². The van der Waals surface area contributed by atoms with Crippen LogP contribution >= 0.6 is 11.6 Å². The van der Waals surface area contributed by atoms with Crippen LogP contribution in [0.15, 0.2) is 42.5 Å². The zero-order valence-electron chi connectivity index (χ0n) is 14.9. The van der Waals surface area contributed by atoms with Gasteiger partial charge in [0.1, 0.15) is 11.4 Å². The van der Waals surface area contributed by atoms with Crippen molar-refractivity contribution >= 4 is 34.4 Å². The van der Waals surface area contributed by atoms with Crippen molar-refractivity contribution in [2.45, 2.75) is 19.4 Å². The first-order chi connectivity index (χ1) is 12.8. The number of aliphatic carboxylic acids is 1. The number of phenols is 1. The van der Waals surface area contributed by atoms with E-state index in [0.29, 0.717) is 22.2 Å². The van der Waals surface area contributed by atoms with Crippen LogP contribution in [-0.2, 0) is 18.3 Å². The number of amides is 1. The van der Waals surface area contributed by atoms with E-state index in [-0.39, 0.29) is 29.1 Å². The summed E-state index contributed by atoms with van der Waals surface area (Å²) < 4.78 is 1.70. The van der Waals surface area contributed by atoms with Gasteiger partial charge in [-0.2, -0.15) is 0 Å². The molecule has 3 aromatic rings. The van der Waals surface area contributed by atoms with Crippen LogP contribution in [0.5, 0.6) is 5.75 Å². The molecule has 0 aliphatic rings. The molecule has 0 radical (unpaired) electrons. The second-order valence-electron chi connectivity index (χ2n) is 6.42. The fourth-order valence-electron chi connectivity index (χ4n) is 3.04. The Morgan fingerprint density at radius 3 is 2.48 bits per heavy atom. The highest BCUT2D eigenvalue weighted by atomic mass is 35.5. The zero-order valence-corrected chi connectivity index (χ0v) is 15.6. The molecule has 3 rings (SSSR count). The van der Waals surface area contributed by atoms with E-state index in [4.69, 9.17) is 16.7 Å². The summed E-state index contributed by atoms with van der Waals surface area (Å²) in [5, 5.41) is 22.6. The Morgan fingerprint density at radius 2 is 1.85 bits per heavy atom. The number of aryl methyl sites for hydroxylation is 1. The zero-order chi connectivity index (χ0) is 19.7. The van der Waals surface area contributed by atoms with Gasteiger partial charge in [-0.05, 0) is 36.2 Å². The van der Waals surface area contributed by atoms with Gasteiger partial charge >= 0.3 is 5.97 Å². The summed E-state index contributed by atoms with van der Waals surface area (Å²) in [6.45, 7) is 1.85. The van der Waals surface area contributed by atoms with Crippen LogP contribution in [-0.4, -0.2) is 26.7 Å². The lowest BCUT2D eigenvalue weighted by Crippen LogP contribution is -2.28. The topological polar surface area (TPSA) is 91.6 Å². The van der Waals surface area contributed by atoms with E-state index in [1.807, 2.05) is 6.92 Å². The lowest BCUT2D eigenvalue weighted by Gasteiger charge is -2.15. The summed E-state index contributed by atoms with van der Waals surface area (Å²) in [6.07, 6.45) is -0.0387. The molecule has 1 aromatic heterocycles. The predicted molar refractivity (Wildman–Crippen MR) is 103 cm³/mol. The van der Waals surface area contributed by atoms with Crippen molar-refractivity contribution in [3.05, 3.63) is 64.3 Å². The van der Waals surface area contributed by atoms with Crippen LogP contribution in [0.3, 0.4) is 0 Å². The van der Waals surface area contributed by atoms with E-state index < -0.39 is 5.97 Å². The quantitative estimate of drug-likeness (QED) is 0.624. The Morgan fingerprint density at radius 1 is 1.19 bits per heavy atom. The van der Waals surface area contributed by atoms with Gasteiger partial charge in [0, 0.05) is 12.4 Å². The number of phenolic OH excluding ortho intramolecular Hbond substituents is 1. The number of hydrogen-bond donors (Lipinski definition) is 3. The maximum atomic E-state index is 12.7. The minimum atomic E-state index is -0.886. The SMILES string of the molecule is CC(NC(=O)c1cc2c(O)c(Cl)ccc2n1C)c1ccc(CC(=O)O)cc1. The largest absolute Gasteiger partial charge is 0.506 e. The van der Waals surface area contributed by atoms with Crippen molar-refractivity contribution in [1.82, 2.24) is 9.88 Å². The standard InChI is InChI=1S/C20H19ClN2O4/c1-11(13-5-3-12(4-6-13)9-18(24)25)22-20(27)17-10-14-16(23(17)2)8-7-15(21)19(14)26/h3-8,10-11,26H,9H2,1-2H3,(H,22,27)(H,24,25). The van der Waals surface area contributed by atoms with Crippen LogP contribution < -0.4 is 5.32 Å². The van der Waals surface area contributed by atoms with Gasteiger partial charge in [0.15, 0.2) is 0 Å². The minimum Gasteiger partial charge on any atom is -0.506 e. The van der Waals surface area contributed by atoms with Gasteiger partial charge in [0.25, 0.3) is 5.91 Å². The molecule has 1 atom stereocenters. The van der Waals surface area contributed by atoms with Gasteiger partial charge in [-0.1, -0.05) is 35.9 Å². The van der Waals surface area contributed by atoms with Gasteiger partial charge in [0.2, 0.25) is 0 Å². The highest BCUT2D eigenvalue weighted by molar-refractivity contribution is 6.33. The average molecular weight is 387 g/mol. The van der Waals surface area contributed by atoms with Crippen molar-refractivity contribution in [3.8, 4) is 5.75 Å². The molecule has 0 bridgehead atoms. The molecule has 0 saturated heterocycles. The van der Waals surface area contributed by atoms with Crippen molar-refractivity contribution in [2.24, 2.45) is 7.05 Å². The normalized spacial score (nSPS) is 12.1. The molecule has 2 aromatic carbocycles. The number of aromatic hydroxyl groups is 1. The maximum Gasteiger partial charge on any atom is 0.307 e. The minimum absolute atomic E-state index is 0.0387. The number of rotatable bonds is 5. The third-order valence-electron chi connectivity index (χ3n) is 4.56. The Hall–Kier alpha value is -2.99. The molecule has 6 nitrogen and oxygen atoms in total. The first-order valence-electron chi connectivity index (χ1n) is 8.36. The van der Waals surface area contributed by atoms with Crippen LogP contribution in [0.2, 0.25) is 5.02 Å². The number of carbonyl (C=O) groups is 2. The van der Waals surface area contributed by atoms with Crippen molar-refractivity contribution in [3.63, 3.8) is 0 Å². The van der Waals surface area contributed by atoms with Gasteiger partial charge in [-0.25, -0.2) is 0 Å². The third kappa shape index (κ3) is 3.75. The van der Waals surface area contributed by atoms with Crippen LogP contribution in [0.25, 0.3) is 10.9 Å². The highest BCUT2D eigenvalue weighted by Crippen LogP contribution is 2.34. The molecule has 0 saturated carbocycles. The Kier molecular flexibility index (Phi) is 5.10. The number of carboxylic acids is 1. The number of halogens is 1. The molecule has 1 amide bonds. The van der Waals surface area contributed by atoms with Crippen LogP contribution in [0.4, 0.5) is 0 Å². The van der Waals surface area contributed by atoms with Gasteiger partial charge in [0.05, 0.1) is 23.0 Å². The number of carbonyl (C=O) groups excluding carboxylic acids is 1. The molecule has 1 unspecified atom stereocenters. The first-order valence-corrected chi connectivity index (χ1v) is 8.74. The maximum absolute atomic E-state index is 12.7. The van der Waals surface area contributed by atoms with Crippen molar-refractivity contribution in [2.75, 3.05) is 0 Å². The first kappa shape index (κ1) is 18.8. The summed E-state index contributed by atoms with van der Waals surface area (Å²) in [5.41, 5.74) is 2.66. The lowest BCUT2D eigenvalue weighted by molar-refractivity contribution is -0.136. The number of hydrogen-bond acceptors (Lipinski definition) is 3. The molecular weight excluding hydrogens is 368 g/mol. The summed E-state index contributed by atoms with van der Waals surface area (Å²) in [7, 11) is 1.75. The molecule has 7 heteroatoms. The van der Waals surface area contributed by atoms with E-state index >= 15 is 0 Å². The molecule has 0 aliphatic carbocycles. The molecular formula is C20H19ClN2O4. The van der Waals surface area contributed by atoms with E-state index in [1.54, 1.807) is 54.1 Å². The Bertz CT molecular complexity index is 1020. The number of benzene rings is 2. The van der Waals surface area contributed by atoms with Crippen molar-refractivity contribution in [1.29, 1.82) is 0 Å². The lowest BCUT2D eigenvalue weighted by atomic mass is 10.0. The molecule has 140 valence electrons. The molecule has 27 heavy (non-hydrogen) atoms. The Balaban J connectivity index is 1.80. The van der Waals surface area contributed by atoms with Crippen LogP contribution in [0, 0.1) is 0 Å². The predicted octanol–water partition coefficient (Wildman–Crippen LogP) is 3.66. The van der Waals surface area contributed by atoms with Gasteiger partial charge in [-0.3, -0.25) is 9.59 Å². The number of aromatic nitrogens is 1. The molecule has 0 aliphatic heterocycles. The summed E-state index contributed by atoms with van der Waals surface area (Å²) >= 11 is 5.94. The van der Waals surface area contributed by atoms with E-state index in [1.165, 1.54) is 0 Å². The Labute approximate surface area is 161 Å². The van der Waals surface area contributed by atoms with Gasteiger partial charge in [-0.15, -0.1) is 0 Å². The smallest absolute Gasteiger partial charge is 0.307 e. The number of nitrogens with one attached hydrogen (secondary N) is 1. The highest BCUT2D eigenvalue weighted by Gasteiger charge is 2.18. The molecule has 0 fully saturated rings.